The molecule has 0 aromatic carbocycles. The van der Waals surface area contributed by atoms with Crippen molar-refractivity contribution in [1.82, 2.24) is 19.5 Å². The topological polar surface area (TPSA) is 35.6 Å². The summed E-state index contributed by atoms with van der Waals surface area (Å²) in [5.41, 5.74) is 0. The molecule has 2 rings (SSSR count). The van der Waals surface area contributed by atoms with Gasteiger partial charge in [-0.15, -0.1) is 10.2 Å². The summed E-state index contributed by atoms with van der Waals surface area (Å²) in [6.45, 7) is 1.91. The molecule has 2 heterocycles. The van der Waals surface area contributed by atoms with Crippen LogP contribution in [0.2, 0.25) is 0 Å². The lowest BCUT2D eigenvalue weighted by atomic mass is 10.7. The van der Waals surface area contributed by atoms with Gasteiger partial charge in [0.05, 0.1) is 0 Å². The minimum Gasteiger partial charge on any atom is -0.262 e. The highest BCUT2D eigenvalue weighted by Gasteiger charge is 1.96. The molecule has 0 aliphatic heterocycles. The van der Waals surface area contributed by atoms with Gasteiger partial charge in [0.15, 0.2) is 0 Å². The van der Waals surface area contributed by atoms with Crippen LogP contribution in [0.4, 0.5) is 0 Å². The summed E-state index contributed by atoms with van der Waals surface area (Å²) in [6, 6.07) is 3.92. The van der Waals surface area contributed by atoms with Crippen molar-refractivity contribution < 1.29 is 0 Å². The second-order valence-electron chi connectivity index (χ2n) is 2.29. The molecule has 0 radical (unpaired) electrons. The minimum atomic E-state index is 0.876. The Morgan fingerprint density at radius 3 is 2.55 bits per heavy atom. The van der Waals surface area contributed by atoms with E-state index in [1.165, 1.54) is 0 Å². The first-order valence-electron chi connectivity index (χ1n) is 3.38. The predicted octanol–water partition coefficient (Wildman–Crippen LogP) is 0.699. The van der Waals surface area contributed by atoms with Gasteiger partial charge in [-0.1, -0.05) is 0 Å². The van der Waals surface area contributed by atoms with Crippen molar-refractivity contribution in [3.8, 4) is 0 Å². The zero-order chi connectivity index (χ0) is 7.68. The van der Waals surface area contributed by atoms with Crippen LogP contribution in [0.1, 0.15) is 5.82 Å². The van der Waals surface area contributed by atoms with Gasteiger partial charge >= 0.3 is 0 Å². The van der Waals surface area contributed by atoms with Crippen LogP contribution < -0.4 is 0 Å². The van der Waals surface area contributed by atoms with Gasteiger partial charge < -0.3 is 0 Å². The Balaban J connectivity index is 2.53. The third-order valence-corrected chi connectivity index (χ3v) is 1.53. The average Bonchev–Trinajstić information content (AvgIpc) is 2.55. The molecule has 0 fully saturated rings. The van der Waals surface area contributed by atoms with Gasteiger partial charge in [-0.2, -0.15) is 0 Å². The lowest BCUT2D eigenvalue weighted by Gasteiger charge is -2.02. The molecule has 2 aromatic rings. The summed E-state index contributed by atoms with van der Waals surface area (Å²) < 4.78 is 3.77. The van der Waals surface area contributed by atoms with Crippen molar-refractivity contribution in [2.45, 2.75) is 6.92 Å². The van der Waals surface area contributed by atoms with Crippen LogP contribution in [0, 0.1) is 6.92 Å². The number of aromatic nitrogens is 4. The molecule has 0 amide bonds. The Morgan fingerprint density at radius 1 is 1.27 bits per heavy atom. The maximum atomic E-state index is 3.86. The maximum Gasteiger partial charge on any atom is 0.149 e. The van der Waals surface area contributed by atoms with E-state index in [0.717, 1.165) is 5.82 Å². The SMILES string of the molecule is Cc1nncn1-n1cccc1. The van der Waals surface area contributed by atoms with Crippen LogP contribution in [0.25, 0.3) is 0 Å². The monoisotopic (exact) mass is 148 g/mol. The summed E-state index contributed by atoms with van der Waals surface area (Å²) in [7, 11) is 0. The van der Waals surface area contributed by atoms with Crippen molar-refractivity contribution >= 4 is 0 Å². The quantitative estimate of drug-likeness (QED) is 0.596. The standard InChI is InChI=1S/C7H8N4/c1-7-9-8-6-11(7)10-4-2-3-5-10/h2-6H,1H3. The first kappa shape index (κ1) is 6.15. The highest BCUT2D eigenvalue weighted by atomic mass is 15.5. The fourth-order valence-corrected chi connectivity index (χ4v) is 0.983. The molecule has 0 atom stereocenters. The summed E-state index contributed by atoms with van der Waals surface area (Å²) in [6.07, 6.45) is 5.56. The molecule has 56 valence electrons. The van der Waals surface area contributed by atoms with E-state index in [1.807, 2.05) is 40.8 Å². The first-order valence-corrected chi connectivity index (χ1v) is 3.38. The first-order chi connectivity index (χ1) is 5.38. The molecule has 0 saturated carbocycles. The maximum absolute atomic E-state index is 3.86. The largest absolute Gasteiger partial charge is 0.262 e. The number of nitrogens with zero attached hydrogens (tertiary/aromatic N) is 4. The average molecular weight is 148 g/mol. The molecule has 0 unspecified atom stereocenters. The molecular weight excluding hydrogens is 140 g/mol. The summed E-state index contributed by atoms with van der Waals surface area (Å²) in [5.74, 6) is 0.876. The zero-order valence-corrected chi connectivity index (χ0v) is 6.18. The van der Waals surface area contributed by atoms with Crippen LogP contribution in [-0.4, -0.2) is 19.5 Å². The Bertz CT molecular complexity index is 333. The number of hydrogen-bond donors (Lipinski definition) is 0. The van der Waals surface area contributed by atoms with Gasteiger partial charge in [-0.05, 0) is 19.1 Å². The van der Waals surface area contributed by atoms with E-state index in [9.17, 15) is 0 Å². The van der Waals surface area contributed by atoms with Crippen molar-refractivity contribution in [3.63, 3.8) is 0 Å². The van der Waals surface area contributed by atoms with Crippen molar-refractivity contribution in [2.24, 2.45) is 0 Å². The van der Waals surface area contributed by atoms with Crippen molar-refractivity contribution in [3.05, 3.63) is 36.7 Å². The molecule has 0 aliphatic carbocycles. The summed E-state index contributed by atoms with van der Waals surface area (Å²) in [4.78, 5) is 0. The second-order valence-corrected chi connectivity index (χ2v) is 2.29. The number of hydrogen-bond acceptors (Lipinski definition) is 2. The van der Waals surface area contributed by atoms with Gasteiger partial charge in [0.1, 0.15) is 12.2 Å². The number of rotatable bonds is 1. The van der Waals surface area contributed by atoms with E-state index in [-0.39, 0.29) is 0 Å². The van der Waals surface area contributed by atoms with Gasteiger partial charge in [-0.25, -0.2) is 4.68 Å². The van der Waals surface area contributed by atoms with Crippen LogP contribution in [0.3, 0.4) is 0 Å². The highest BCUT2D eigenvalue weighted by Crippen LogP contribution is 1.95. The molecule has 0 saturated heterocycles. The fraction of sp³-hybridized carbons (Fsp3) is 0.143. The molecule has 0 bridgehead atoms. The van der Waals surface area contributed by atoms with E-state index in [2.05, 4.69) is 10.2 Å². The van der Waals surface area contributed by atoms with E-state index in [0.29, 0.717) is 0 Å². The molecule has 11 heavy (non-hydrogen) atoms. The van der Waals surface area contributed by atoms with Gasteiger partial charge in [-0.3, -0.25) is 4.68 Å². The van der Waals surface area contributed by atoms with Gasteiger partial charge in [0.25, 0.3) is 0 Å². The molecular formula is C7H8N4. The molecule has 4 heteroatoms. The molecule has 0 N–H and O–H groups in total. The summed E-state index contributed by atoms with van der Waals surface area (Å²) >= 11 is 0. The minimum absolute atomic E-state index is 0.876. The molecule has 2 aromatic heterocycles. The third kappa shape index (κ3) is 0.920. The highest BCUT2D eigenvalue weighted by molar-refractivity contribution is 4.93. The van der Waals surface area contributed by atoms with Gasteiger partial charge in [0.2, 0.25) is 0 Å². The van der Waals surface area contributed by atoms with Crippen LogP contribution in [0.5, 0.6) is 0 Å². The predicted molar refractivity (Wildman–Crippen MR) is 40.0 cm³/mol. The van der Waals surface area contributed by atoms with Crippen LogP contribution >= 0.6 is 0 Å². The fourth-order valence-electron chi connectivity index (χ4n) is 0.983. The smallest absolute Gasteiger partial charge is 0.149 e. The van der Waals surface area contributed by atoms with Crippen LogP contribution in [-0.2, 0) is 0 Å². The molecule has 0 aliphatic rings. The number of aryl methyl sites for hydroxylation is 1. The van der Waals surface area contributed by atoms with E-state index in [4.69, 9.17) is 0 Å². The van der Waals surface area contributed by atoms with E-state index in [1.54, 1.807) is 6.33 Å². The molecule has 0 spiro atoms. The zero-order valence-electron chi connectivity index (χ0n) is 6.18. The lowest BCUT2D eigenvalue weighted by molar-refractivity contribution is 0.638. The Morgan fingerprint density at radius 2 is 2.00 bits per heavy atom. The normalized spacial score (nSPS) is 10.3. The van der Waals surface area contributed by atoms with Crippen molar-refractivity contribution in [2.75, 3.05) is 0 Å². The molecule has 4 nitrogen and oxygen atoms in total. The lowest BCUT2D eigenvalue weighted by Crippen LogP contribution is -2.06. The van der Waals surface area contributed by atoms with Crippen molar-refractivity contribution in [1.29, 1.82) is 0 Å². The summed E-state index contributed by atoms with van der Waals surface area (Å²) in [5, 5.41) is 7.63. The van der Waals surface area contributed by atoms with E-state index >= 15 is 0 Å². The Kier molecular flexibility index (Phi) is 1.25. The Hall–Kier alpha value is -1.58. The van der Waals surface area contributed by atoms with Gasteiger partial charge in [0, 0.05) is 12.4 Å². The third-order valence-electron chi connectivity index (χ3n) is 1.53. The van der Waals surface area contributed by atoms with E-state index < -0.39 is 0 Å². The van der Waals surface area contributed by atoms with Crippen LogP contribution in [0.15, 0.2) is 30.9 Å². The second kappa shape index (κ2) is 2.23. The Labute approximate surface area is 64.1 Å².